The van der Waals surface area contributed by atoms with Crippen molar-refractivity contribution in [3.05, 3.63) is 0 Å². The molecule has 0 amide bonds. The van der Waals surface area contributed by atoms with Gasteiger partial charge in [-0.1, -0.05) is 0 Å². The number of aliphatic hydroxyl groups is 1. The van der Waals surface area contributed by atoms with E-state index in [2.05, 4.69) is 10.2 Å². The normalized spacial score (nSPS) is 13.9. The van der Waals surface area contributed by atoms with Gasteiger partial charge in [0.05, 0.1) is 6.10 Å². The van der Waals surface area contributed by atoms with Gasteiger partial charge in [0.25, 0.3) is 10.1 Å². The maximum Gasteiger partial charge on any atom is 1.00 e. The van der Waals surface area contributed by atoms with Crippen molar-refractivity contribution in [1.29, 1.82) is 0 Å². The average molecular weight is 179 g/mol. The summed E-state index contributed by atoms with van der Waals surface area (Å²) in [5, 5.41) is 8.50. The topological polar surface area (TPSA) is 89.6 Å². The fourth-order valence-electron chi connectivity index (χ4n) is 0.335. The molecule has 1 unspecified atom stereocenters. The van der Waals surface area contributed by atoms with Crippen LogP contribution in [0.3, 0.4) is 0 Å². The molecule has 0 saturated carbocycles. The second-order valence-corrected chi connectivity index (χ2v) is 3.31. The number of aliphatic hydroxyl groups excluding tert-OH is 1. The Balaban J connectivity index is -0.000000320. The monoisotopic (exact) mass is 179 g/mol. The minimum absolute atomic E-state index is 0. The van der Waals surface area contributed by atoms with E-state index >= 15 is 0 Å². The third-order valence-electron chi connectivity index (χ3n) is 0.592. The van der Waals surface area contributed by atoms with E-state index in [1.165, 1.54) is 6.92 Å². The first kappa shape index (κ1) is 13.4. The van der Waals surface area contributed by atoms with Crippen molar-refractivity contribution in [3.63, 3.8) is 0 Å². The number of hydrogen-bond acceptors (Lipinski definition) is 5. The van der Waals surface area contributed by atoms with E-state index in [9.17, 15) is 8.42 Å². The van der Waals surface area contributed by atoms with Crippen LogP contribution in [0.25, 0.3) is 0 Å². The molecule has 0 rings (SSSR count). The van der Waals surface area contributed by atoms with E-state index < -0.39 is 22.0 Å². The fraction of sp³-hybridized carbons (Fsp3) is 1.00. The maximum atomic E-state index is 10.3. The van der Waals surface area contributed by atoms with Crippen molar-refractivity contribution >= 4 is 10.1 Å². The van der Waals surface area contributed by atoms with Crippen LogP contribution in [0.2, 0.25) is 0 Å². The zero-order valence-corrected chi connectivity index (χ0v) is 8.76. The van der Waals surface area contributed by atoms with Gasteiger partial charge < -0.3 is 6.53 Å². The molecule has 0 fully saturated rings. The molecule has 0 aliphatic rings. The van der Waals surface area contributed by atoms with Crippen molar-refractivity contribution < 1.29 is 48.8 Å². The zero-order chi connectivity index (χ0) is 7.49. The molecular formula is C3H10NNaO4S. The average Bonchev–Trinajstić information content (AvgIpc) is 1.63. The number of rotatable bonds is 3. The van der Waals surface area contributed by atoms with Gasteiger partial charge in [0.15, 0.2) is 0 Å². The molecule has 7 heteroatoms. The van der Waals surface area contributed by atoms with Crippen LogP contribution in [0.1, 0.15) is 8.35 Å². The summed E-state index contributed by atoms with van der Waals surface area (Å²) in [6, 6.07) is 0. The van der Waals surface area contributed by atoms with E-state index in [4.69, 9.17) is 5.11 Å². The summed E-state index contributed by atoms with van der Waals surface area (Å²) in [5.41, 5.74) is 0. The Kier molecular flexibility index (Phi) is 7.35. The summed E-state index contributed by atoms with van der Waals surface area (Å²) in [6.45, 7) is 1.33. The van der Waals surface area contributed by atoms with Gasteiger partial charge >= 0.3 is 29.6 Å². The Bertz CT molecular complexity index is 170. The Morgan fingerprint density at radius 2 is 2.20 bits per heavy atom. The van der Waals surface area contributed by atoms with Crippen molar-refractivity contribution in [3.8, 4) is 0 Å². The molecule has 0 aromatic rings. The Labute approximate surface area is 83.4 Å². The van der Waals surface area contributed by atoms with E-state index in [1.807, 2.05) is 0 Å². The Morgan fingerprint density at radius 1 is 1.80 bits per heavy atom. The van der Waals surface area contributed by atoms with Crippen LogP contribution >= 0.6 is 0 Å². The molecule has 0 saturated heterocycles. The van der Waals surface area contributed by atoms with Gasteiger partial charge in [0.1, 0.15) is 5.75 Å². The minimum Gasteiger partial charge on any atom is -1.00 e. The molecule has 3 N–H and O–H groups in total. The molecule has 10 heavy (non-hydrogen) atoms. The van der Waals surface area contributed by atoms with Gasteiger partial charge in [-0.25, -0.2) is 0 Å². The van der Waals surface area contributed by atoms with E-state index in [0.717, 1.165) is 0 Å². The van der Waals surface area contributed by atoms with Crippen molar-refractivity contribution in [2.24, 2.45) is 5.90 Å². The predicted octanol–water partition coefficient (Wildman–Crippen LogP) is -4.30. The standard InChI is InChI=1S/C3H9NO4S.Na.H/c1-3(5)2-9(6,7)8-4;;/h3,5H,2,4H2,1H3;;/q;+1;-1. The summed E-state index contributed by atoms with van der Waals surface area (Å²) in [6.07, 6.45) is -0.946. The Morgan fingerprint density at radius 3 is 2.30 bits per heavy atom. The molecule has 0 aliphatic carbocycles. The molecule has 0 spiro atoms. The van der Waals surface area contributed by atoms with Crippen LogP contribution in [0.5, 0.6) is 0 Å². The van der Waals surface area contributed by atoms with Gasteiger partial charge in [0.2, 0.25) is 0 Å². The van der Waals surface area contributed by atoms with Gasteiger partial charge in [-0.05, 0) is 6.92 Å². The first-order chi connectivity index (χ1) is 3.98. The van der Waals surface area contributed by atoms with Crippen LogP contribution in [0, 0.1) is 0 Å². The van der Waals surface area contributed by atoms with E-state index in [1.54, 1.807) is 0 Å². The fourth-order valence-corrected chi connectivity index (χ4v) is 1.00. The third kappa shape index (κ3) is 6.94. The summed E-state index contributed by atoms with van der Waals surface area (Å²) in [7, 11) is -3.69. The summed E-state index contributed by atoms with van der Waals surface area (Å²) >= 11 is 0. The summed E-state index contributed by atoms with van der Waals surface area (Å²) in [5.74, 6) is 3.89. The van der Waals surface area contributed by atoms with Crippen LogP contribution in [-0.2, 0) is 14.4 Å². The van der Waals surface area contributed by atoms with Gasteiger partial charge in [-0.15, -0.1) is 0 Å². The SMILES string of the molecule is CC(O)CS(=O)(=O)ON.[H-].[Na+]. The predicted molar refractivity (Wildman–Crippen MR) is 31.9 cm³/mol. The van der Waals surface area contributed by atoms with Crippen LogP contribution < -0.4 is 35.5 Å². The third-order valence-corrected chi connectivity index (χ3v) is 1.78. The largest absolute Gasteiger partial charge is 1.00 e. The van der Waals surface area contributed by atoms with Gasteiger partial charge in [0, 0.05) is 0 Å². The maximum absolute atomic E-state index is 10.3. The first-order valence-electron chi connectivity index (χ1n) is 2.27. The van der Waals surface area contributed by atoms with Crippen molar-refractivity contribution in [1.82, 2.24) is 0 Å². The number of hydrogen-bond donors (Lipinski definition) is 2. The van der Waals surface area contributed by atoms with Crippen LogP contribution in [0.4, 0.5) is 0 Å². The molecular weight excluding hydrogens is 169 g/mol. The van der Waals surface area contributed by atoms with Crippen molar-refractivity contribution in [2.75, 3.05) is 5.75 Å². The molecule has 5 nitrogen and oxygen atoms in total. The minimum atomic E-state index is -3.69. The molecule has 0 radical (unpaired) electrons. The zero-order valence-electron chi connectivity index (χ0n) is 6.94. The second-order valence-electron chi connectivity index (χ2n) is 1.67. The summed E-state index contributed by atoms with van der Waals surface area (Å²) < 4.78 is 24.2. The second kappa shape index (κ2) is 5.48. The molecule has 58 valence electrons. The van der Waals surface area contributed by atoms with Crippen LogP contribution in [0.15, 0.2) is 0 Å². The first-order valence-corrected chi connectivity index (χ1v) is 3.85. The van der Waals surface area contributed by atoms with Gasteiger partial charge in [-0.2, -0.15) is 18.6 Å². The van der Waals surface area contributed by atoms with Crippen LogP contribution in [-0.4, -0.2) is 25.4 Å². The summed E-state index contributed by atoms with van der Waals surface area (Å²) in [4.78, 5) is 0. The quantitative estimate of drug-likeness (QED) is 0.338. The van der Waals surface area contributed by atoms with Crippen molar-refractivity contribution in [2.45, 2.75) is 13.0 Å². The molecule has 0 aromatic carbocycles. The number of nitrogens with two attached hydrogens (primary N) is 1. The molecule has 0 aliphatic heterocycles. The van der Waals surface area contributed by atoms with E-state index in [-0.39, 0.29) is 31.0 Å². The smallest absolute Gasteiger partial charge is 1.00 e. The molecule has 1 atom stereocenters. The Hall–Kier alpha value is 0.830. The molecule has 0 heterocycles. The molecule has 0 bridgehead atoms. The van der Waals surface area contributed by atoms with Gasteiger partial charge in [-0.3, -0.25) is 0 Å². The van der Waals surface area contributed by atoms with E-state index in [0.29, 0.717) is 0 Å². The molecule has 0 aromatic heterocycles.